The molecule has 0 saturated heterocycles. The molecular formula is C8H8F9O3S-. The van der Waals surface area contributed by atoms with Crippen LogP contribution in [-0.4, -0.2) is 42.7 Å². The normalized spacial score (nSPS) is 15.3. The molecular weight excluding hydrogens is 347 g/mol. The highest BCUT2D eigenvalue weighted by molar-refractivity contribution is 7.85. The zero-order valence-corrected chi connectivity index (χ0v) is 10.7. The van der Waals surface area contributed by atoms with Gasteiger partial charge in [-0.05, 0) is 12.8 Å². The van der Waals surface area contributed by atoms with Crippen LogP contribution in [-0.2, 0) is 10.1 Å². The van der Waals surface area contributed by atoms with Crippen molar-refractivity contribution in [1.29, 1.82) is 0 Å². The lowest BCUT2D eigenvalue weighted by atomic mass is 9.99. The van der Waals surface area contributed by atoms with E-state index in [0.717, 1.165) is 0 Å². The summed E-state index contributed by atoms with van der Waals surface area (Å²) in [5.74, 6) is -20.6. The molecule has 21 heavy (non-hydrogen) atoms. The molecule has 0 unspecified atom stereocenters. The number of alkyl halides is 9. The SMILES string of the molecule is O=S(=O)([O-])CCCCC(F)(F)C(F)(F)C(F)(F)C(F)(F)F. The molecule has 0 aromatic rings. The van der Waals surface area contributed by atoms with E-state index in [1.165, 1.54) is 0 Å². The first-order valence-corrected chi connectivity index (χ1v) is 6.67. The first-order chi connectivity index (χ1) is 8.96. The molecule has 0 aliphatic rings. The van der Waals surface area contributed by atoms with Crippen molar-refractivity contribution in [2.24, 2.45) is 0 Å². The van der Waals surface area contributed by atoms with E-state index in [-0.39, 0.29) is 0 Å². The van der Waals surface area contributed by atoms with E-state index in [2.05, 4.69) is 0 Å². The van der Waals surface area contributed by atoms with Crippen molar-refractivity contribution in [3.05, 3.63) is 0 Å². The van der Waals surface area contributed by atoms with Crippen molar-refractivity contribution < 1.29 is 52.5 Å². The van der Waals surface area contributed by atoms with Crippen molar-refractivity contribution in [2.45, 2.75) is 43.2 Å². The lowest BCUT2D eigenvalue weighted by Crippen LogP contribution is -2.60. The molecule has 3 nitrogen and oxygen atoms in total. The van der Waals surface area contributed by atoms with Crippen LogP contribution in [0.3, 0.4) is 0 Å². The summed E-state index contributed by atoms with van der Waals surface area (Å²) < 4.78 is 141. The first kappa shape index (κ1) is 20.3. The fourth-order valence-electron chi connectivity index (χ4n) is 1.19. The topological polar surface area (TPSA) is 57.2 Å². The Bertz CT molecular complexity index is 454. The summed E-state index contributed by atoms with van der Waals surface area (Å²) in [7, 11) is -4.84. The van der Waals surface area contributed by atoms with Crippen molar-refractivity contribution in [3.63, 3.8) is 0 Å². The standard InChI is InChI=1S/C8H9F9O3S/c9-5(10,3-1-2-4-21(18,19)20)6(11,12)7(13,14)8(15,16)17/h1-4H2,(H,18,19,20)/p-1. The zero-order chi connectivity index (χ0) is 17.3. The highest BCUT2D eigenvalue weighted by Gasteiger charge is 2.81. The number of rotatable bonds is 7. The molecule has 128 valence electrons. The second-order valence-electron chi connectivity index (χ2n) is 4.07. The largest absolute Gasteiger partial charge is 0.748 e. The van der Waals surface area contributed by atoms with Gasteiger partial charge in [0.05, 0.1) is 10.1 Å². The Morgan fingerprint density at radius 3 is 1.52 bits per heavy atom. The van der Waals surface area contributed by atoms with E-state index in [9.17, 15) is 52.5 Å². The van der Waals surface area contributed by atoms with Gasteiger partial charge in [0.2, 0.25) is 0 Å². The summed E-state index contributed by atoms with van der Waals surface area (Å²) in [6.45, 7) is 0. The van der Waals surface area contributed by atoms with Gasteiger partial charge in [-0.3, -0.25) is 0 Å². The van der Waals surface area contributed by atoms with E-state index in [1.54, 1.807) is 0 Å². The molecule has 0 N–H and O–H groups in total. The third kappa shape index (κ3) is 4.63. The third-order valence-electron chi connectivity index (χ3n) is 2.34. The predicted molar refractivity (Wildman–Crippen MR) is 49.3 cm³/mol. The monoisotopic (exact) mass is 355 g/mol. The number of unbranched alkanes of at least 4 members (excludes halogenated alkanes) is 1. The number of hydrogen-bond donors (Lipinski definition) is 0. The molecule has 0 aromatic heterocycles. The molecule has 0 heterocycles. The lowest BCUT2D eigenvalue weighted by molar-refractivity contribution is -0.396. The Morgan fingerprint density at radius 1 is 0.762 bits per heavy atom. The molecule has 0 radical (unpaired) electrons. The Kier molecular flexibility index (Phi) is 5.62. The van der Waals surface area contributed by atoms with Gasteiger partial charge in [-0.15, -0.1) is 0 Å². The van der Waals surface area contributed by atoms with E-state index in [4.69, 9.17) is 0 Å². The van der Waals surface area contributed by atoms with Crippen LogP contribution < -0.4 is 0 Å². The van der Waals surface area contributed by atoms with Crippen molar-refractivity contribution in [1.82, 2.24) is 0 Å². The Balaban J connectivity index is 4.97. The van der Waals surface area contributed by atoms with Crippen molar-refractivity contribution >= 4 is 10.1 Å². The van der Waals surface area contributed by atoms with Gasteiger partial charge < -0.3 is 4.55 Å². The molecule has 0 amide bonds. The van der Waals surface area contributed by atoms with E-state index >= 15 is 0 Å². The van der Waals surface area contributed by atoms with Gasteiger partial charge in [0.25, 0.3) is 0 Å². The van der Waals surface area contributed by atoms with Gasteiger partial charge >= 0.3 is 23.9 Å². The summed E-state index contributed by atoms with van der Waals surface area (Å²) in [4.78, 5) is 0. The minimum absolute atomic E-state index is 0.880. The Labute approximate surface area is 112 Å². The fraction of sp³-hybridized carbons (Fsp3) is 1.00. The number of halogens is 9. The third-order valence-corrected chi connectivity index (χ3v) is 3.13. The van der Waals surface area contributed by atoms with Crippen LogP contribution >= 0.6 is 0 Å². The second kappa shape index (κ2) is 5.82. The van der Waals surface area contributed by atoms with Gasteiger partial charge in [0.1, 0.15) is 0 Å². The zero-order valence-electron chi connectivity index (χ0n) is 9.86. The molecule has 0 fully saturated rings. The van der Waals surface area contributed by atoms with Crippen molar-refractivity contribution in [3.8, 4) is 0 Å². The molecule has 0 spiro atoms. The van der Waals surface area contributed by atoms with Gasteiger partial charge in [0, 0.05) is 12.2 Å². The second-order valence-corrected chi connectivity index (χ2v) is 5.59. The summed E-state index contributed by atoms with van der Waals surface area (Å²) in [5, 5.41) is 0. The molecule has 0 rings (SSSR count). The number of hydrogen-bond acceptors (Lipinski definition) is 3. The van der Waals surface area contributed by atoms with Gasteiger partial charge in [0.15, 0.2) is 0 Å². The molecule has 0 aliphatic heterocycles. The molecule has 0 aliphatic carbocycles. The minimum Gasteiger partial charge on any atom is -0.748 e. The Hall–Kier alpha value is -0.720. The van der Waals surface area contributed by atoms with Crippen LogP contribution in [0.4, 0.5) is 39.5 Å². The van der Waals surface area contributed by atoms with Crippen LogP contribution in [0, 0.1) is 0 Å². The molecule has 13 heteroatoms. The quantitative estimate of drug-likeness (QED) is 0.400. The smallest absolute Gasteiger partial charge is 0.460 e. The average Bonchev–Trinajstić information content (AvgIpc) is 2.21. The van der Waals surface area contributed by atoms with Crippen LogP contribution in [0.2, 0.25) is 0 Å². The average molecular weight is 355 g/mol. The van der Waals surface area contributed by atoms with Crippen molar-refractivity contribution in [2.75, 3.05) is 5.75 Å². The maximum atomic E-state index is 12.9. The van der Waals surface area contributed by atoms with Crippen LogP contribution in [0.15, 0.2) is 0 Å². The van der Waals surface area contributed by atoms with Crippen LogP contribution in [0.1, 0.15) is 19.3 Å². The Morgan fingerprint density at radius 2 is 1.19 bits per heavy atom. The van der Waals surface area contributed by atoms with E-state index in [0.29, 0.717) is 0 Å². The summed E-state index contributed by atoms with van der Waals surface area (Å²) in [6, 6.07) is 0. The summed E-state index contributed by atoms with van der Waals surface area (Å²) in [6.07, 6.45) is -11.1. The highest BCUT2D eigenvalue weighted by Crippen LogP contribution is 2.54. The summed E-state index contributed by atoms with van der Waals surface area (Å²) >= 11 is 0. The van der Waals surface area contributed by atoms with Crippen LogP contribution in [0.5, 0.6) is 0 Å². The minimum atomic E-state index is -6.96. The lowest BCUT2D eigenvalue weighted by Gasteiger charge is -2.33. The molecule has 0 bridgehead atoms. The van der Waals surface area contributed by atoms with E-state index < -0.39 is 59.1 Å². The maximum absolute atomic E-state index is 12.9. The predicted octanol–water partition coefficient (Wildman–Crippen LogP) is 3.17. The van der Waals surface area contributed by atoms with Gasteiger partial charge in [-0.2, -0.15) is 39.5 Å². The van der Waals surface area contributed by atoms with E-state index in [1.807, 2.05) is 0 Å². The molecule has 0 saturated carbocycles. The maximum Gasteiger partial charge on any atom is 0.460 e. The van der Waals surface area contributed by atoms with Gasteiger partial charge in [-0.1, -0.05) is 0 Å². The molecule has 0 atom stereocenters. The van der Waals surface area contributed by atoms with Gasteiger partial charge in [-0.25, -0.2) is 8.42 Å². The molecule has 0 aromatic carbocycles. The van der Waals surface area contributed by atoms with Crippen LogP contribution in [0.25, 0.3) is 0 Å². The summed E-state index contributed by atoms with van der Waals surface area (Å²) in [5.41, 5.74) is 0. The fourth-order valence-corrected chi connectivity index (χ4v) is 1.75. The highest BCUT2D eigenvalue weighted by atomic mass is 32.2. The first-order valence-electron chi connectivity index (χ1n) is 5.09.